The second kappa shape index (κ2) is 7.99. The molecule has 1 aromatic carbocycles. The van der Waals surface area contributed by atoms with Gasteiger partial charge in [-0.05, 0) is 33.4 Å². The largest absolute Gasteiger partial charge is 0.153 e. The van der Waals surface area contributed by atoms with Crippen LogP contribution in [0.25, 0.3) is 0 Å². The molecule has 0 aromatic heterocycles. The summed E-state index contributed by atoms with van der Waals surface area (Å²) in [5.41, 5.74) is 4.82. The van der Waals surface area contributed by atoms with Crippen molar-refractivity contribution >= 4 is 9.90 Å². The van der Waals surface area contributed by atoms with Gasteiger partial charge in [-0.15, -0.1) is 13.2 Å². The number of rotatable bonds is 1. The van der Waals surface area contributed by atoms with Crippen LogP contribution < -0.4 is 0 Å². The molecule has 0 fully saturated rings. The van der Waals surface area contributed by atoms with Crippen LogP contribution in [0.3, 0.4) is 0 Å². The molecule has 0 heterocycles. The number of hydrogen-bond acceptors (Lipinski definition) is 0. The van der Waals surface area contributed by atoms with E-state index >= 15 is 0 Å². The van der Waals surface area contributed by atoms with E-state index in [0.29, 0.717) is 5.92 Å². The quantitative estimate of drug-likeness (QED) is 0.423. The summed E-state index contributed by atoms with van der Waals surface area (Å²) in [6.45, 7) is 24.3. The van der Waals surface area contributed by atoms with Gasteiger partial charge in [0.05, 0.1) is 0 Å². The lowest BCUT2D eigenvalue weighted by Crippen LogP contribution is -2.17. The van der Waals surface area contributed by atoms with Gasteiger partial charge in [-0.2, -0.15) is 9.90 Å². The first-order chi connectivity index (χ1) is 8.51. The highest BCUT2D eigenvalue weighted by molar-refractivity contribution is 6.92. The molecule has 0 aliphatic heterocycles. The van der Waals surface area contributed by atoms with Gasteiger partial charge >= 0.3 is 0 Å². The predicted octanol–water partition coefficient (Wildman–Crippen LogP) is 6.27. The van der Waals surface area contributed by atoms with Gasteiger partial charge in [-0.25, -0.2) is 0 Å². The maximum Gasteiger partial charge on any atom is -0.0132 e. The Balaban J connectivity index is 0. The molecule has 0 saturated heterocycles. The van der Waals surface area contributed by atoms with Crippen molar-refractivity contribution in [3.8, 4) is 0 Å². The highest BCUT2D eigenvalue weighted by Gasteiger charge is 2.20. The third-order valence-electron chi connectivity index (χ3n) is 3.35. The van der Waals surface area contributed by atoms with Crippen LogP contribution in [-0.4, -0.2) is 0 Å². The van der Waals surface area contributed by atoms with Crippen LogP contribution in [0.5, 0.6) is 0 Å². The highest BCUT2D eigenvalue weighted by Crippen LogP contribution is 2.32. The van der Waals surface area contributed by atoms with Crippen molar-refractivity contribution in [2.45, 2.75) is 72.1 Å². The molecule has 0 N–H and O–H groups in total. The topological polar surface area (TPSA) is 0 Å². The van der Waals surface area contributed by atoms with Crippen molar-refractivity contribution in [1.82, 2.24) is 0 Å². The minimum Gasteiger partial charge on any atom is -0.153 e. The van der Waals surface area contributed by atoms with Crippen molar-refractivity contribution in [2.75, 3.05) is 0 Å². The molecule has 0 spiro atoms. The van der Waals surface area contributed by atoms with Crippen molar-refractivity contribution in [1.29, 1.82) is 0 Å². The fourth-order valence-electron chi connectivity index (χ4n) is 1.85. The first-order valence-electron chi connectivity index (χ1n) is 7.18. The third-order valence-corrected chi connectivity index (χ3v) is 3.35. The van der Waals surface area contributed by atoms with E-state index in [-0.39, 0.29) is 20.7 Å². The highest BCUT2D eigenvalue weighted by atomic mass is 31.0. The van der Waals surface area contributed by atoms with Crippen LogP contribution >= 0.6 is 9.90 Å². The van der Waals surface area contributed by atoms with Crippen LogP contribution in [0.1, 0.15) is 78.0 Å². The first-order valence-corrected chi connectivity index (χ1v) is 7.18. The summed E-state index contributed by atoms with van der Waals surface area (Å²) in [4.78, 5) is 0. The van der Waals surface area contributed by atoms with E-state index < -0.39 is 0 Å². The van der Waals surface area contributed by atoms with E-state index in [4.69, 9.17) is 0 Å². The molecule has 20 heavy (non-hydrogen) atoms. The Kier molecular flexibility index (Phi) is 8.66. The second-order valence-corrected chi connectivity index (χ2v) is 7.50. The summed E-state index contributed by atoms with van der Waals surface area (Å²) in [5, 5.41) is 0. The van der Waals surface area contributed by atoms with Crippen LogP contribution in [-0.2, 0) is 10.8 Å². The summed E-state index contributed by atoms with van der Waals surface area (Å²) in [5.74, 6) is 0.596. The van der Waals surface area contributed by atoms with E-state index in [1.807, 2.05) is 0 Å². The summed E-state index contributed by atoms with van der Waals surface area (Å²) in [7, 11) is 0. The zero-order chi connectivity index (χ0) is 15.4. The molecule has 1 aromatic rings. The molecule has 0 aliphatic carbocycles. The summed E-state index contributed by atoms with van der Waals surface area (Å²) < 4.78 is 0. The fourth-order valence-corrected chi connectivity index (χ4v) is 1.85. The lowest BCUT2D eigenvalue weighted by molar-refractivity contribution is 0.565. The van der Waals surface area contributed by atoms with Gasteiger partial charge in [0.25, 0.3) is 0 Å². The molecule has 0 aliphatic rings. The lowest BCUT2D eigenvalue weighted by atomic mass is 9.78. The van der Waals surface area contributed by atoms with E-state index in [2.05, 4.69) is 86.7 Å². The van der Waals surface area contributed by atoms with Crippen molar-refractivity contribution < 1.29 is 0 Å². The summed E-state index contributed by atoms with van der Waals surface area (Å²) >= 11 is 0. The molecule has 0 radical (unpaired) electrons. The predicted molar refractivity (Wildman–Crippen MR) is 100 cm³/mol. The van der Waals surface area contributed by atoms with Crippen LogP contribution in [0, 0.1) is 0 Å². The van der Waals surface area contributed by atoms with Gasteiger partial charge in [0, 0.05) is 0 Å². The molecule has 0 nitrogen and oxygen atoms in total. The molecule has 0 saturated carbocycles. The molecule has 1 unspecified atom stereocenters. The Morgan fingerprint density at radius 2 is 1.05 bits per heavy atom. The van der Waals surface area contributed by atoms with Gasteiger partial charge in [0.15, 0.2) is 0 Å². The third kappa shape index (κ3) is 6.23. The van der Waals surface area contributed by atoms with E-state index in [1.54, 1.807) is 0 Å². The SMILES string of the molecule is C=C.CC(C)c1cc(C(C)(C)C)cc(C(C)(C)C)c1.P. The molecule has 0 bridgehead atoms. The van der Waals surface area contributed by atoms with Gasteiger partial charge in [0.2, 0.25) is 0 Å². The Morgan fingerprint density at radius 3 is 1.25 bits per heavy atom. The van der Waals surface area contributed by atoms with Gasteiger partial charge < -0.3 is 0 Å². The molecule has 1 atom stereocenters. The second-order valence-electron chi connectivity index (χ2n) is 7.50. The van der Waals surface area contributed by atoms with Crippen LogP contribution in [0.4, 0.5) is 0 Å². The minimum absolute atomic E-state index is 0. The monoisotopic (exact) mass is 294 g/mol. The van der Waals surface area contributed by atoms with Gasteiger partial charge in [-0.1, -0.05) is 73.6 Å². The molecule has 116 valence electrons. The zero-order valence-corrected chi connectivity index (χ0v) is 16.3. The lowest BCUT2D eigenvalue weighted by Gasteiger charge is -2.27. The fraction of sp³-hybridized carbons (Fsp3) is 0.579. The molecular formula is C19H35P. The average Bonchev–Trinajstić information content (AvgIpc) is 2.28. The zero-order valence-electron chi connectivity index (χ0n) is 14.9. The normalized spacial score (nSPS) is 11.4. The molecule has 0 amide bonds. The Hall–Kier alpha value is -0.610. The van der Waals surface area contributed by atoms with Crippen LogP contribution in [0.15, 0.2) is 31.4 Å². The summed E-state index contributed by atoms with van der Waals surface area (Å²) in [6, 6.07) is 7.13. The van der Waals surface area contributed by atoms with E-state index in [1.165, 1.54) is 16.7 Å². The van der Waals surface area contributed by atoms with Crippen molar-refractivity contribution in [3.05, 3.63) is 48.0 Å². The maximum absolute atomic E-state index is 3.00. The first kappa shape index (κ1) is 21.7. The van der Waals surface area contributed by atoms with Crippen molar-refractivity contribution in [2.24, 2.45) is 0 Å². The smallest absolute Gasteiger partial charge is 0.0132 e. The number of hydrogen-bond donors (Lipinski definition) is 0. The van der Waals surface area contributed by atoms with E-state index in [9.17, 15) is 0 Å². The van der Waals surface area contributed by atoms with E-state index in [0.717, 1.165) is 0 Å². The molecular weight excluding hydrogens is 259 g/mol. The van der Waals surface area contributed by atoms with Crippen molar-refractivity contribution in [3.63, 3.8) is 0 Å². The molecule has 1 rings (SSSR count). The minimum atomic E-state index is 0. The average molecular weight is 294 g/mol. The Labute approximate surface area is 130 Å². The maximum atomic E-state index is 3.00. The Morgan fingerprint density at radius 1 is 0.750 bits per heavy atom. The van der Waals surface area contributed by atoms with Gasteiger partial charge in [-0.3, -0.25) is 0 Å². The standard InChI is InChI=1S/C17H28.C2H4.H3P/c1-12(2)13-9-14(16(3,4)5)11-15(10-13)17(6,7)8;1-2;/h9-12H,1-8H3;1-2H2;1H3. The summed E-state index contributed by atoms with van der Waals surface area (Å²) in [6.07, 6.45) is 0. The number of benzene rings is 1. The Bertz CT molecular complexity index is 371. The molecule has 1 heteroatoms. The van der Waals surface area contributed by atoms with Crippen LogP contribution in [0.2, 0.25) is 0 Å². The van der Waals surface area contributed by atoms with Gasteiger partial charge in [0.1, 0.15) is 0 Å².